The largest absolute Gasteiger partial charge is 0.493 e. The van der Waals surface area contributed by atoms with Crippen LogP contribution in [-0.4, -0.2) is 38.9 Å². The molecule has 20 heavy (non-hydrogen) atoms. The number of carbonyl (C=O) groups is 2. The van der Waals surface area contributed by atoms with Gasteiger partial charge in [0.05, 0.1) is 27.0 Å². The molecular formula is C13H16N2O5. The first-order valence-corrected chi connectivity index (χ1v) is 5.84. The molecule has 108 valence electrons. The third-order valence-corrected chi connectivity index (χ3v) is 2.25. The van der Waals surface area contributed by atoms with Gasteiger partial charge in [-0.2, -0.15) is 5.10 Å². The topological polar surface area (TPSA) is 86.2 Å². The molecule has 0 bridgehead atoms. The van der Waals surface area contributed by atoms with Crippen LogP contribution in [0, 0.1) is 0 Å². The van der Waals surface area contributed by atoms with Crippen molar-refractivity contribution in [1.29, 1.82) is 0 Å². The molecule has 0 atom stereocenters. The van der Waals surface area contributed by atoms with Gasteiger partial charge in [0.1, 0.15) is 0 Å². The highest BCUT2D eigenvalue weighted by Gasteiger charge is 2.12. The van der Waals surface area contributed by atoms with Crippen molar-refractivity contribution in [2.24, 2.45) is 5.10 Å². The Morgan fingerprint density at radius 1 is 1.25 bits per heavy atom. The standard InChI is InChI=1S/C13H16N2O5/c1-4-20-13(17)12(16)15-14-8-9-5-6-10(18-2)11(7-9)19-3/h5-8H,4H2,1-3H3,(H,15,16)/b14-8-. The van der Waals surface area contributed by atoms with E-state index in [1.165, 1.54) is 20.4 Å². The number of hydrazone groups is 1. The highest BCUT2D eigenvalue weighted by Crippen LogP contribution is 2.26. The maximum atomic E-state index is 11.2. The number of ether oxygens (including phenoxy) is 3. The van der Waals surface area contributed by atoms with Gasteiger partial charge in [-0.3, -0.25) is 4.79 Å². The van der Waals surface area contributed by atoms with Gasteiger partial charge in [-0.25, -0.2) is 10.2 Å². The first-order chi connectivity index (χ1) is 9.62. The molecule has 0 heterocycles. The Morgan fingerprint density at radius 2 is 1.95 bits per heavy atom. The zero-order valence-corrected chi connectivity index (χ0v) is 11.5. The van der Waals surface area contributed by atoms with Crippen LogP contribution in [0.1, 0.15) is 12.5 Å². The smallest absolute Gasteiger partial charge is 0.398 e. The summed E-state index contributed by atoms with van der Waals surface area (Å²) in [5, 5.41) is 3.65. The van der Waals surface area contributed by atoms with Crippen LogP contribution in [0.15, 0.2) is 23.3 Å². The maximum absolute atomic E-state index is 11.2. The van der Waals surface area contributed by atoms with E-state index in [0.717, 1.165) is 0 Å². The van der Waals surface area contributed by atoms with Gasteiger partial charge >= 0.3 is 11.9 Å². The summed E-state index contributed by atoms with van der Waals surface area (Å²) >= 11 is 0. The lowest BCUT2D eigenvalue weighted by Gasteiger charge is -2.07. The van der Waals surface area contributed by atoms with Gasteiger partial charge in [0, 0.05) is 0 Å². The van der Waals surface area contributed by atoms with Crippen LogP contribution in [0.3, 0.4) is 0 Å². The van der Waals surface area contributed by atoms with Crippen LogP contribution in [0.2, 0.25) is 0 Å². The number of benzene rings is 1. The predicted molar refractivity (Wildman–Crippen MR) is 71.9 cm³/mol. The van der Waals surface area contributed by atoms with E-state index in [4.69, 9.17) is 9.47 Å². The average Bonchev–Trinajstić information content (AvgIpc) is 2.47. The van der Waals surface area contributed by atoms with Crippen molar-refractivity contribution in [1.82, 2.24) is 5.43 Å². The van der Waals surface area contributed by atoms with E-state index in [-0.39, 0.29) is 6.61 Å². The number of methoxy groups -OCH3 is 2. The fraction of sp³-hybridized carbons (Fsp3) is 0.308. The Hall–Kier alpha value is -2.57. The second-order valence-corrected chi connectivity index (χ2v) is 3.53. The second-order valence-electron chi connectivity index (χ2n) is 3.53. The Balaban J connectivity index is 2.67. The number of esters is 1. The summed E-state index contributed by atoms with van der Waals surface area (Å²) < 4.78 is 14.7. The second kappa shape index (κ2) is 7.78. The molecule has 0 saturated carbocycles. The van der Waals surface area contributed by atoms with Crippen LogP contribution in [-0.2, 0) is 14.3 Å². The van der Waals surface area contributed by atoms with Crippen molar-refractivity contribution in [3.05, 3.63) is 23.8 Å². The van der Waals surface area contributed by atoms with Crippen molar-refractivity contribution < 1.29 is 23.8 Å². The lowest BCUT2D eigenvalue weighted by atomic mass is 10.2. The van der Waals surface area contributed by atoms with Gasteiger partial charge < -0.3 is 14.2 Å². The number of carbonyl (C=O) groups excluding carboxylic acids is 2. The number of nitrogens with one attached hydrogen (secondary N) is 1. The van der Waals surface area contributed by atoms with Gasteiger partial charge in [-0.05, 0) is 30.7 Å². The van der Waals surface area contributed by atoms with Crippen molar-refractivity contribution in [2.75, 3.05) is 20.8 Å². The molecule has 0 radical (unpaired) electrons. The Labute approximate surface area is 116 Å². The van der Waals surface area contributed by atoms with E-state index in [9.17, 15) is 9.59 Å². The first-order valence-electron chi connectivity index (χ1n) is 5.84. The Morgan fingerprint density at radius 3 is 2.55 bits per heavy atom. The molecule has 1 aromatic carbocycles. The van der Waals surface area contributed by atoms with Crippen LogP contribution in [0.5, 0.6) is 11.5 Å². The molecule has 0 unspecified atom stereocenters. The van der Waals surface area contributed by atoms with Gasteiger partial charge in [-0.15, -0.1) is 0 Å². The summed E-state index contributed by atoms with van der Waals surface area (Å²) in [4.78, 5) is 22.2. The number of hydrogen-bond acceptors (Lipinski definition) is 6. The van der Waals surface area contributed by atoms with E-state index in [1.807, 2.05) is 0 Å². The minimum atomic E-state index is -0.975. The molecule has 0 aliphatic heterocycles. The van der Waals surface area contributed by atoms with Crippen LogP contribution in [0.4, 0.5) is 0 Å². The molecule has 7 nitrogen and oxygen atoms in total. The molecule has 1 N–H and O–H groups in total. The Kier molecular flexibility index (Phi) is 6.02. The fourth-order valence-electron chi connectivity index (χ4n) is 1.34. The molecular weight excluding hydrogens is 264 g/mol. The lowest BCUT2D eigenvalue weighted by Crippen LogP contribution is -2.28. The summed E-state index contributed by atoms with van der Waals surface area (Å²) in [5.74, 6) is -0.783. The SMILES string of the molecule is CCOC(=O)C(=O)N/N=C\c1ccc(OC)c(OC)c1. The third kappa shape index (κ3) is 4.27. The van der Waals surface area contributed by atoms with Gasteiger partial charge in [-0.1, -0.05) is 0 Å². The van der Waals surface area contributed by atoms with Crippen LogP contribution < -0.4 is 14.9 Å². The van der Waals surface area contributed by atoms with Crippen molar-refractivity contribution in [3.63, 3.8) is 0 Å². The van der Waals surface area contributed by atoms with Gasteiger partial charge in [0.25, 0.3) is 0 Å². The molecule has 0 aliphatic carbocycles. The van der Waals surface area contributed by atoms with E-state index in [0.29, 0.717) is 17.1 Å². The van der Waals surface area contributed by atoms with Crippen LogP contribution in [0.25, 0.3) is 0 Å². The van der Waals surface area contributed by atoms with E-state index in [1.54, 1.807) is 25.1 Å². The zero-order valence-electron chi connectivity index (χ0n) is 11.5. The number of nitrogens with zero attached hydrogens (tertiary/aromatic N) is 1. The minimum Gasteiger partial charge on any atom is -0.493 e. The van der Waals surface area contributed by atoms with Crippen molar-refractivity contribution in [2.45, 2.75) is 6.92 Å². The maximum Gasteiger partial charge on any atom is 0.398 e. The molecule has 0 aliphatic rings. The number of hydrogen-bond donors (Lipinski definition) is 1. The first kappa shape index (κ1) is 15.5. The monoisotopic (exact) mass is 280 g/mol. The Bertz CT molecular complexity index is 513. The normalized spacial score (nSPS) is 10.2. The average molecular weight is 280 g/mol. The minimum absolute atomic E-state index is 0.131. The molecule has 1 aromatic rings. The fourth-order valence-corrected chi connectivity index (χ4v) is 1.34. The van der Waals surface area contributed by atoms with E-state index in [2.05, 4.69) is 15.3 Å². The van der Waals surface area contributed by atoms with Crippen LogP contribution >= 0.6 is 0 Å². The molecule has 7 heteroatoms. The summed E-state index contributed by atoms with van der Waals surface area (Å²) in [5.41, 5.74) is 2.74. The molecule has 0 spiro atoms. The van der Waals surface area contributed by atoms with Gasteiger partial charge in [0.2, 0.25) is 0 Å². The highest BCUT2D eigenvalue weighted by molar-refractivity contribution is 6.32. The third-order valence-electron chi connectivity index (χ3n) is 2.25. The summed E-state index contributed by atoms with van der Waals surface area (Å²) in [6.07, 6.45) is 1.37. The van der Waals surface area contributed by atoms with E-state index < -0.39 is 11.9 Å². The zero-order chi connectivity index (χ0) is 15.0. The highest BCUT2D eigenvalue weighted by atomic mass is 16.5. The summed E-state index contributed by atoms with van der Waals surface area (Å²) in [7, 11) is 3.05. The number of amides is 1. The summed E-state index contributed by atoms with van der Waals surface area (Å²) in [6, 6.07) is 5.10. The molecule has 1 rings (SSSR count). The number of rotatable bonds is 5. The van der Waals surface area contributed by atoms with E-state index >= 15 is 0 Å². The predicted octanol–water partition coefficient (Wildman–Crippen LogP) is 0.717. The van der Waals surface area contributed by atoms with Crippen molar-refractivity contribution >= 4 is 18.1 Å². The summed E-state index contributed by atoms with van der Waals surface area (Å²) in [6.45, 7) is 1.74. The van der Waals surface area contributed by atoms with Crippen molar-refractivity contribution in [3.8, 4) is 11.5 Å². The quantitative estimate of drug-likeness (QED) is 0.371. The molecule has 0 saturated heterocycles. The molecule has 1 amide bonds. The lowest BCUT2D eigenvalue weighted by molar-refractivity contribution is -0.154. The molecule has 0 fully saturated rings. The molecule has 0 aromatic heterocycles. The van der Waals surface area contributed by atoms with Gasteiger partial charge in [0.15, 0.2) is 11.5 Å².